The van der Waals surface area contributed by atoms with Gasteiger partial charge in [0.1, 0.15) is 5.78 Å². The van der Waals surface area contributed by atoms with Gasteiger partial charge in [0.2, 0.25) is 0 Å². The van der Waals surface area contributed by atoms with Crippen LogP contribution in [0, 0.1) is 23.2 Å². The highest BCUT2D eigenvalue weighted by Crippen LogP contribution is 2.57. The maximum absolute atomic E-state index is 12.4. The lowest BCUT2D eigenvalue weighted by Crippen LogP contribution is -2.55. The van der Waals surface area contributed by atoms with Crippen molar-refractivity contribution in [1.82, 2.24) is 0 Å². The first kappa shape index (κ1) is 9.59. The van der Waals surface area contributed by atoms with E-state index in [1.54, 1.807) is 6.92 Å². The van der Waals surface area contributed by atoms with Gasteiger partial charge in [0, 0.05) is 5.92 Å². The van der Waals surface area contributed by atoms with Crippen molar-refractivity contribution in [2.24, 2.45) is 23.2 Å². The average Bonchev–Trinajstić information content (AvgIpc) is 2.62. The van der Waals surface area contributed by atoms with E-state index in [-0.39, 0.29) is 5.92 Å². The third-order valence-electron chi connectivity index (χ3n) is 4.94. The van der Waals surface area contributed by atoms with E-state index in [0.29, 0.717) is 17.6 Å². The zero-order chi connectivity index (χ0) is 10.6. The molecule has 0 aromatic heterocycles. The minimum atomic E-state index is -0.485. The monoisotopic (exact) mass is 206 g/mol. The molecule has 15 heavy (non-hydrogen) atoms. The lowest BCUT2D eigenvalue weighted by Gasteiger charge is -2.49. The zero-order valence-electron chi connectivity index (χ0n) is 9.15. The number of aliphatic hydroxyl groups is 1. The largest absolute Gasteiger partial charge is 0.392 e. The van der Waals surface area contributed by atoms with E-state index in [9.17, 15) is 9.90 Å². The Balaban J connectivity index is 2.09. The second-order valence-corrected chi connectivity index (χ2v) is 5.47. The van der Waals surface area contributed by atoms with E-state index >= 15 is 0 Å². The molecule has 0 heterocycles. The Morgan fingerprint density at radius 2 is 2.33 bits per heavy atom. The molecular weight excluding hydrogens is 188 g/mol. The van der Waals surface area contributed by atoms with E-state index in [2.05, 4.69) is 12.2 Å². The predicted molar refractivity (Wildman–Crippen MR) is 57.2 cm³/mol. The normalized spacial score (nSPS) is 49.5. The summed E-state index contributed by atoms with van der Waals surface area (Å²) in [6.07, 6.45) is 8.07. The molecule has 0 aromatic carbocycles. The molecule has 5 atom stereocenters. The molecule has 2 heteroatoms. The Morgan fingerprint density at radius 1 is 1.53 bits per heavy atom. The molecule has 3 rings (SSSR count). The number of fused-ring (bicyclic) bond motifs is 6. The molecule has 0 amide bonds. The summed E-state index contributed by atoms with van der Waals surface area (Å²) in [6, 6.07) is 0. The van der Waals surface area contributed by atoms with Gasteiger partial charge >= 0.3 is 0 Å². The molecule has 4 bridgehead atoms. The zero-order valence-corrected chi connectivity index (χ0v) is 9.15. The number of Topliss-reactive ketones (excluding diaryl/α,β-unsaturated/α-hetero) is 1. The number of hydrogen-bond donors (Lipinski definition) is 1. The van der Waals surface area contributed by atoms with Gasteiger partial charge in [-0.2, -0.15) is 0 Å². The predicted octanol–water partition coefficient (Wildman–Crippen LogP) is 1.93. The van der Waals surface area contributed by atoms with E-state index < -0.39 is 11.5 Å². The van der Waals surface area contributed by atoms with Crippen LogP contribution in [0.25, 0.3) is 0 Å². The first-order valence-electron chi connectivity index (χ1n) is 6.07. The summed E-state index contributed by atoms with van der Waals surface area (Å²) >= 11 is 0. The third kappa shape index (κ3) is 1.01. The minimum Gasteiger partial charge on any atom is -0.392 e. The van der Waals surface area contributed by atoms with Crippen LogP contribution in [0.3, 0.4) is 0 Å². The van der Waals surface area contributed by atoms with Crippen molar-refractivity contribution in [3.8, 4) is 0 Å². The van der Waals surface area contributed by atoms with Gasteiger partial charge < -0.3 is 5.11 Å². The molecule has 1 N–H and O–H groups in total. The van der Waals surface area contributed by atoms with Crippen LogP contribution in [0.4, 0.5) is 0 Å². The quantitative estimate of drug-likeness (QED) is 0.666. The van der Waals surface area contributed by atoms with Crippen LogP contribution in [0.2, 0.25) is 0 Å². The van der Waals surface area contributed by atoms with Crippen LogP contribution in [0.1, 0.15) is 32.6 Å². The fourth-order valence-electron chi connectivity index (χ4n) is 4.12. The van der Waals surface area contributed by atoms with Gasteiger partial charge in [-0.1, -0.05) is 18.6 Å². The number of aliphatic hydroxyl groups excluding tert-OH is 1. The Hall–Kier alpha value is -0.630. The first-order chi connectivity index (χ1) is 7.16. The number of ketones is 1. The molecule has 0 aliphatic heterocycles. The fourth-order valence-corrected chi connectivity index (χ4v) is 4.12. The molecule has 82 valence electrons. The minimum absolute atomic E-state index is 0.211. The summed E-state index contributed by atoms with van der Waals surface area (Å²) in [6.45, 7) is 1.80. The molecule has 2 saturated carbocycles. The van der Waals surface area contributed by atoms with Crippen LogP contribution in [0.5, 0.6) is 0 Å². The summed E-state index contributed by atoms with van der Waals surface area (Å²) in [5.74, 6) is 1.36. The molecule has 2 fully saturated rings. The van der Waals surface area contributed by atoms with Gasteiger partial charge in [-0.3, -0.25) is 4.79 Å². The summed E-state index contributed by atoms with van der Waals surface area (Å²) < 4.78 is 0. The van der Waals surface area contributed by atoms with E-state index in [4.69, 9.17) is 0 Å². The van der Waals surface area contributed by atoms with Gasteiger partial charge in [0.15, 0.2) is 0 Å². The standard InChI is InChI=1S/C13H18O2/c1-8(14)13-6-2-3-11(12(13)15)9-4-5-10(13)7-9/h4-5,8-11,14H,2-3,6-7H2,1H3/t8-,9+,10-,11-,13-/m0/s1. The maximum atomic E-state index is 12.4. The van der Waals surface area contributed by atoms with Crippen molar-refractivity contribution in [1.29, 1.82) is 0 Å². The molecule has 2 nitrogen and oxygen atoms in total. The summed E-state index contributed by atoms with van der Waals surface area (Å²) in [4.78, 5) is 12.4. The van der Waals surface area contributed by atoms with Crippen LogP contribution >= 0.6 is 0 Å². The molecule has 0 unspecified atom stereocenters. The Bertz CT molecular complexity index is 331. The number of rotatable bonds is 1. The van der Waals surface area contributed by atoms with Gasteiger partial charge in [0.25, 0.3) is 0 Å². The van der Waals surface area contributed by atoms with Crippen molar-refractivity contribution < 1.29 is 9.90 Å². The number of carbonyl (C=O) groups is 1. The summed E-state index contributed by atoms with van der Waals surface area (Å²) in [7, 11) is 0. The highest BCUT2D eigenvalue weighted by atomic mass is 16.3. The molecule has 3 aliphatic carbocycles. The van der Waals surface area contributed by atoms with Crippen LogP contribution in [-0.2, 0) is 4.79 Å². The van der Waals surface area contributed by atoms with Crippen LogP contribution < -0.4 is 0 Å². The van der Waals surface area contributed by atoms with Gasteiger partial charge in [-0.25, -0.2) is 0 Å². The molecule has 0 spiro atoms. The van der Waals surface area contributed by atoms with Gasteiger partial charge in [0.05, 0.1) is 11.5 Å². The average molecular weight is 206 g/mol. The highest BCUT2D eigenvalue weighted by Gasteiger charge is 2.58. The van der Waals surface area contributed by atoms with Crippen molar-refractivity contribution >= 4 is 5.78 Å². The molecule has 3 aliphatic rings. The van der Waals surface area contributed by atoms with Gasteiger partial charge in [-0.15, -0.1) is 0 Å². The Kier molecular flexibility index (Phi) is 1.88. The molecule has 0 saturated heterocycles. The Labute approximate surface area is 90.4 Å². The van der Waals surface area contributed by atoms with Gasteiger partial charge in [-0.05, 0) is 38.0 Å². The highest BCUT2D eigenvalue weighted by molar-refractivity contribution is 5.90. The Morgan fingerprint density at radius 3 is 3.07 bits per heavy atom. The van der Waals surface area contributed by atoms with Crippen molar-refractivity contribution in [3.05, 3.63) is 12.2 Å². The smallest absolute Gasteiger partial charge is 0.145 e. The number of allylic oxidation sites excluding steroid dienone is 2. The second kappa shape index (κ2) is 2.94. The van der Waals surface area contributed by atoms with Crippen LogP contribution in [-0.4, -0.2) is 17.0 Å². The number of hydrogen-bond acceptors (Lipinski definition) is 2. The first-order valence-corrected chi connectivity index (χ1v) is 6.07. The third-order valence-corrected chi connectivity index (χ3v) is 4.94. The van der Waals surface area contributed by atoms with Crippen molar-refractivity contribution in [3.63, 3.8) is 0 Å². The fraction of sp³-hybridized carbons (Fsp3) is 0.769. The summed E-state index contributed by atoms with van der Waals surface area (Å²) in [5, 5.41) is 10.0. The topological polar surface area (TPSA) is 37.3 Å². The van der Waals surface area contributed by atoms with Crippen LogP contribution in [0.15, 0.2) is 12.2 Å². The van der Waals surface area contributed by atoms with Crippen molar-refractivity contribution in [2.75, 3.05) is 0 Å². The summed E-state index contributed by atoms with van der Waals surface area (Å²) in [5.41, 5.74) is -0.424. The second-order valence-electron chi connectivity index (χ2n) is 5.47. The molecular formula is C13H18O2. The van der Waals surface area contributed by atoms with E-state index in [1.807, 2.05) is 0 Å². The lowest BCUT2D eigenvalue weighted by molar-refractivity contribution is -0.155. The lowest BCUT2D eigenvalue weighted by atomic mass is 9.53. The molecule has 0 aromatic rings. The van der Waals surface area contributed by atoms with E-state index in [0.717, 1.165) is 25.7 Å². The molecule has 0 radical (unpaired) electrons. The maximum Gasteiger partial charge on any atom is 0.145 e. The van der Waals surface area contributed by atoms with E-state index in [1.165, 1.54) is 0 Å². The number of carbonyl (C=O) groups excluding carboxylic acids is 1. The SMILES string of the molecule is C[C@H](O)[C@]12CCC[C@H](C1=O)[C@@H]1C=C[C@H]2C1. The van der Waals surface area contributed by atoms with Crippen molar-refractivity contribution in [2.45, 2.75) is 38.7 Å².